The first kappa shape index (κ1) is 23.1. The first-order valence-corrected chi connectivity index (χ1v) is 11.7. The normalized spacial score (nSPS) is 12.4. The number of rotatable bonds is 8. The first-order chi connectivity index (χ1) is 16.2. The van der Waals surface area contributed by atoms with Crippen molar-refractivity contribution >= 4 is 23.2 Å². The summed E-state index contributed by atoms with van der Waals surface area (Å²) in [6.07, 6.45) is 4.00. The van der Waals surface area contributed by atoms with Crippen LogP contribution in [0.2, 0.25) is 0 Å². The number of nitrogens with one attached hydrogen (secondary N) is 1. The molecule has 0 aliphatic carbocycles. The lowest BCUT2D eigenvalue weighted by Gasteiger charge is -2.44. The van der Waals surface area contributed by atoms with Gasteiger partial charge in [0.15, 0.2) is 0 Å². The van der Waals surface area contributed by atoms with Crippen LogP contribution in [-0.2, 0) is 11.1 Å². The maximum Gasteiger partial charge on any atom is 0.0900 e. The van der Waals surface area contributed by atoms with E-state index < -0.39 is 11.1 Å². The van der Waals surface area contributed by atoms with Crippen molar-refractivity contribution < 1.29 is 0 Å². The van der Waals surface area contributed by atoms with Crippen molar-refractivity contribution in [1.29, 1.82) is 0 Å². The Morgan fingerprint density at radius 1 is 0.424 bits per heavy atom. The van der Waals surface area contributed by atoms with Gasteiger partial charge in [0, 0.05) is 11.1 Å². The third kappa shape index (κ3) is 4.67. The van der Waals surface area contributed by atoms with Crippen molar-refractivity contribution in [2.75, 3.05) is 0 Å². The van der Waals surface area contributed by atoms with Crippen molar-refractivity contribution in [1.82, 2.24) is 5.32 Å². The fourth-order valence-corrected chi connectivity index (χ4v) is 4.77. The summed E-state index contributed by atoms with van der Waals surface area (Å²) in [5, 5.41) is 4.01. The predicted molar refractivity (Wildman–Crippen MR) is 140 cm³/mol. The highest BCUT2D eigenvalue weighted by atomic mass is 35.5. The van der Waals surface area contributed by atoms with Gasteiger partial charge in [-0.2, -0.15) is 0 Å². The summed E-state index contributed by atoms with van der Waals surface area (Å²) in [4.78, 5) is 0. The summed E-state index contributed by atoms with van der Waals surface area (Å²) in [5.74, 6) is 0. The van der Waals surface area contributed by atoms with E-state index in [0.717, 1.165) is 22.3 Å². The van der Waals surface area contributed by atoms with Crippen LogP contribution in [0.1, 0.15) is 22.3 Å². The molecule has 4 rings (SSSR count). The Bertz CT molecular complexity index is 1010. The van der Waals surface area contributed by atoms with Crippen LogP contribution in [0, 0.1) is 0 Å². The lowest BCUT2D eigenvalue weighted by molar-refractivity contribution is 0.374. The quantitative estimate of drug-likeness (QED) is 0.275. The molecule has 0 amide bonds. The highest BCUT2D eigenvalue weighted by Crippen LogP contribution is 2.40. The van der Waals surface area contributed by atoms with Gasteiger partial charge in [-0.25, -0.2) is 0 Å². The predicted octanol–water partition coefficient (Wildman–Crippen LogP) is 7.97. The average Bonchev–Trinajstić information content (AvgIpc) is 2.90. The van der Waals surface area contributed by atoms with Crippen molar-refractivity contribution in [3.63, 3.8) is 0 Å². The van der Waals surface area contributed by atoms with E-state index in [1.807, 2.05) is 84.9 Å². The van der Waals surface area contributed by atoms with E-state index in [9.17, 15) is 0 Å². The van der Waals surface area contributed by atoms with Crippen LogP contribution < -0.4 is 5.32 Å². The largest absolute Gasteiger partial charge is 0.284 e. The minimum absolute atomic E-state index is 0.744. The molecule has 0 saturated heterocycles. The second-order valence-electron chi connectivity index (χ2n) is 7.79. The van der Waals surface area contributed by atoms with Gasteiger partial charge in [-0.05, 0) is 34.4 Å². The molecule has 4 aromatic carbocycles. The van der Waals surface area contributed by atoms with Gasteiger partial charge in [0.2, 0.25) is 0 Å². The molecular formula is C30H25Cl2N. The molecule has 164 valence electrons. The zero-order valence-electron chi connectivity index (χ0n) is 18.1. The molecule has 1 N–H and O–H groups in total. The number of halogens is 2. The Kier molecular flexibility index (Phi) is 7.47. The Morgan fingerprint density at radius 3 is 0.879 bits per heavy atom. The third-order valence-electron chi connectivity index (χ3n) is 5.94. The van der Waals surface area contributed by atoms with E-state index in [-0.39, 0.29) is 0 Å². The average molecular weight is 470 g/mol. The molecule has 0 unspecified atom stereocenters. The smallest absolute Gasteiger partial charge is 0.0900 e. The molecule has 4 aromatic rings. The molecule has 1 nitrogen and oxygen atoms in total. The lowest BCUT2D eigenvalue weighted by Crippen LogP contribution is -2.54. The van der Waals surface area contributed by atoms with E-state index in [4.69, 9.17) is 23.2 Å². The van der Waals surface area contributed by atoms with E-state index in [2.05, 4.69) is 53.8 Å². The minimum Gasteiger partial charge on any atom is -0.284 e. The Labute approximate surface area is 206 Å². The summed E-state index contributed by atoms with van der Waals surface area (Å²) >= 11 is 12.6. The van der Waals surface area contributed by atoms with Gasteiger partial charge in [0.25, 0.3) is 0 Å². The zero-order valence-corrected chi connectivity index (χ0v) is 19.6. The van der Waals surface area contributed by atoms with Crippen molar-refractivity contribution in [2.24, 2.45) is 0 Å². The van der Waals surface area contributed by atoms with E-state index in [1.54, 1.807) is 11.1 Å². The summed E-state index contributed by atoms with van der Waals surface area (Å²) in [6.45, 7) is 0. The highest BCUT2D eigenvalue weighted by Gasteiger charge is 2.42. The summed E-state index contributed by atoms with van der Waals surface area (Å²) in [7, 11) is 0. The molecule has 0 aliphatic heterocycles. The third-order valence-corrected chi connectivity index (χ3v) is 6.19. The Hall–Kier alpha value is -3.10. The monoisotopic (exact) mass is 469 g/mol. The molecule has 0 spiro atoms. The Balaban J connectivity index is 2.06. The summed E-state index contributed by atoms with van der Waals surface area (Å²) < 4.78 is 0. The van der Waals surface area contributed by atoms with Crippen LogP contribution in [0.15, 0.2) is 145 Å². The number of hydrogen-bond donors (Lipinski definition) is 1. The Morgan fingerprint density at radius 2 is 0.667 bits per heavy atom. The second-order valence-corrected chi connectivity index (χ2v) is 8.29. The molecule has 3 heteroatoms. The van der Waals surface area contributed by atoms with Crippen molar-refractivity contribution in [3.05, 3.63) is 167 Å². The highest BCUT2D eigenvalue weighted by molar-refractivity contribution is 6.25. The van der Waals surface area contributed by atoms with Crippen LogP contribution >= 0.6 is 23.2 Å². The minimum atomic E-state index is -0.744. The number of benzene rings is 4. The second kappa shape index (κ2) is 10.7. The van der Waals surface area contributed by atoms with Gasteiger partial charge in [0.1, 0.15) is 0 Å². The first-order valence-electron chi connectivity index (χ1n) is 10.8. The topological polar surface area (TPSA) is 12.0 Å². The van der Waals surface area contributed by atoms with Gasteiger partial charge in [-0.15, -0.1) is 0 Å². The van der Waals surface area contributed by atoms with Gasteiger partial charge >= 0.3 is 0 Å². The van der Waals surface area contributed by atoms with Crippen molar-refractivity contribution in [2.45, 2.75) is 11.1 Å². The summed E-state index contributed by atoms with van der Waals surface area (Å²) in [6, 6.07) is 41.3. The molecule has 0 aliphatic rings. The molecule has 0 atom stereocenters. The molecule has 0 heterocycles. The van der Waals surface area contributed by atoms with Crippen LogP contribution in [0.4, 0.5) is 0 Å². The maximum absolute atomic E-state index is 6.32. The number of hydrogen-bond acceptors (Lipinski definition) is 1. The van der Waals surface area contributed by atoms with Crippen LogP contribution in [0.25, 0.3) is 0 Å². The van der Waals surface area contributed by atoms with E-state index in [0.29, 0.717) is 0 Å². The molecule has 33 heavy (non-hydrogen) atoms. The van der Waals surface area contributed by atoms with Crippen molar-refractivity contribution in [3.8, 4) is 0 Å². The fraction of sp³-hybridized carbons (Fsp3) is 0.0667. The molecule has 0 bridgehead atoms. The maximum atomic E-state index is 6.32. The van der Waals surface area contributed by atoms with Crippen LogP contribution in [0.5, 0.6) is 0 Å². The van der Waals surface area contributed by atoms with Crippen LogP contribution in [-0.4, -0.2) is 0 Å². The molecule has 0 aromatic heterocycles. The molecule has 0 fully saturated rings. The van der Waals surface area contributed by atoms with Gasteiger partial charge in [-0.1, -0.05) is 145 Å². The zero-order chi connectivity index (χ0) is 23.0. The lowest BCUT2D eigenvalue weighted by atomic mass is 9.75. The summed E-state index contributed by atoms with van der Waals surface area (Å²) in [5.41, 5.74) is 5.92. The fourth-order valence-electron chi connectivity index (χ4n) is 4.39. The van der Waals surface area contributed by atoms with Gasteiger partial charge < -0.3 is 0 Å². The molecule has 0 saturated carbocycles. The SMILES string of the molecule is ClC=CC(NC(/C=C/Cl)(c1ccccc1)c1ccccc1)(c1ccccc1)c1ccccc1. The van der Waals surface area contributed by atoms with Gasteiger partial charge in [0.05, 0.1) is 11.1 Å². The van der Waals surface area contributed by atoms with E-state index >= 15 is 0 Å². The van der Waals surface area contributed by atoms with E-state index in [1.165, 1.54) is 0 Å². The molecule has 0 radical (unpaired) electrons. The van der Waals surface area contributed by atoms with Gasteiger partial charge in [-0.3, -0.25) is 5.32 Å². The standard InChI is InChI=1S/C30H25Cl2N/c31-23-21-29(25-13-5-1-6-14-25,26-15-7-2-8-16-26)33-30(22-24-32,27-17-9-3-10-18-27)28-19-11-4-12-20-28/h1-24,33H/b23-21+,24-22?. The molecular weight excluding hydrogens is 445 g/mol. The van der Waals surface area contributed by atoms with Crippen LogP contribution in [0.3, 0.4) is 0 Å².